The number of rotatable bonds is 4. The number of ether oxygens (including phenoxy) is 1. The van der Waals surface area contributed by atoms with Gasteiger partial charge in [-0.05, 0) is 38.4 Å². The number of benzene rings is 1. The third kappa shape index (κ3) is 6.84. The van der Waals surface area contributed by atoms with Crippen LogP contribution in [0.1, 0.15) is 18.4 Å². The highest BCUT2D eigenvalue weighted by molar-refractivity contribution is 6.17. The third-order valence-electron chi connectivity index (χ3n) is 2.60. The molecule has 1 aliphatic rings. The number of halogens is 1. The van der Waals surface area contributed by atoms with Crippen LogP contribution in [0.4, 0.5) is 0 Å². The fourth-order valence-electron chi connectivity index (χ4n) is 1.52. The van der Waals surface area contributed by atoms with Crippen molar-refractivity contribution in [3.63, 3.8) is 0 Å². The minimum atomic E-state index is -0.0648. The van der Waals surface area contributed by atoms with Crippen LogP contribution in [0, 0.1) is 6.92 Å². The lowest BCUT2D eigenvalue weighted by molar-refractivity contribution is 0.196. The topological polar surface area (TPSA) is 41.5 Å². The highest BCUT2D eigenvalue weighted by atomic mass is 35.5. The van der Waals surface area contributed by atoms with Crippen LogP contribution in [0.3, 0.4) is 0 Å². The minimum absolute atomic E-state index is 0.0648. The van der Waals surface area contributed by atoms with Crippen LogP contribution in [-0.4, -0.2) is 36.8 Å². The zero-order chi connectivity index (χ0) is 13.2. The number of aryl methyl sites for hydroxylation is 1. The predicted molar refractivity (Wildman–Crippen MR) is 75.5 cm³/mol. The van der Waals surface area contributed by atoms with Crippen LogP contribution in [0.5, 0.6) is 5.75 Å². The van der Waals surface area contributed by atoms with Crippen LogP contribution in [0.2, 0.25) is 0 Å². The van der Waals surface area contributed by atoms with Crippen LogP contribution in [0.25, 0.3) is 0 Å². The largest absolute Gasteiger partial charge is 0.494 e. The first-order valence-electron chi connectivity index (χ1n) is 6.36. The van der Waals surface area contributed by atoms with E-state index in [2.05, 4.69) is 12.2 Å². The first-order valence-corrected chi connectivity index (χ1v) is 6.90. The van der Waals surface area contributed by atoms with Gasteiger partial charge in [-0.2, -0.15) is 0 Å². The molecule has 0 radical (unpaired) electrons. The Bertz CT molecular complexity index is 310. The molecule has 0 aromatic heterocycles. The summed E-state index contributed by atoms with van der Waals surface area (Å²) in [5.41, 5.74) is 1.25. The van der Waals surface area contributed by atoms with E-state index in [4.69, 9.17) is 21.4 Å². The van der Waals surface area contributed by atoms with Gasteiger partial charge < -0.3 is 15.2 Å². The van der Waals surface area contributed by atoms with Crippen LogP contribution < -0.4 is 10.1 Å². The Morgan fingerprint density at radius 1 is 1.39 bits per heavy atom. The van der Waals surface area contributed by atoms with Gasteiger partial charge in [-0.1, -0.05) is 17.7 Å². The second-order valence-corrected chi connectivity index (χ2v) is 4.73. The maximum atomic E-state index is 8.67. The Balaban J connectivity index is 0.000000225. The summed E-state index contributed by atoms with van der Waals surface area (Å²) in [6.07, 6.45) is 1.76. The van der Waals surface area contributed by atoms with E-state index in [-0.39, 0.29) is 6.10 Å². The van der Waals surface area contributed by atoms with E-state index < -0.39 is 0 Å². The van der Waals surface area contributed by atoms with Crippen molar-refractivity contribution in [2.75, 3.05) is 25.6 Å². The Labute approximate surface area is 114 Å². The molecule has 4 heteroatoms. The zero-order valence-electron chi connectivity index (χ0n) is 10.9. The average Bonchev–Trinajstić information content (AvgIpc) is 2.84. The number of hydrogen-bond donors (Lipinski definition) is 2. The van der Waals surface area contributed by atoms with E-state index in [1.165, 1.54) is 5.56 Å². The van der Waals surface area contributed by atoms with E-state index >= 15 is 0 Å². The van der Waals surface area contributed by atoms with Gasteiger partial charge in [0.15, 0.2) is 0 Å². The first-order chi connectivity index (χ1) is 8.72. The fourth-order valence-corrected chi connectivity index (χ4v) is 1.63. The third-order valence-corrected chi connectivity index (χ3v) is 2.87. The molecule has 2 N–H and O–H groups in total. The highest BCUT2D eigenvalue weighted by Gasteiger charge is 2.08. The van der Waals surface area contributed by atoms with Crippen molar-refractivity contribution >= 4 is 11.6 Å². The molecule has 0 saturated carbocycles. The Hall–Kier alpha value is -0.770. The van der Waals surface area contributed by atoms with E-state index in [0.717, 1.165) is 31.7 Å². The molecule has 1 atom stereocenters. The van der Waals surface area contributed by atoms with E-state index in [0.29, 0.717) is 12.5 Å². The molecule has 0 bridgehead atoms. The summed E-state index contributed by atoms with van der Waals surface area (Å²) in [4.78, 5) is 0. The molecule has 3 nitrogen and oxygen atoms in total. The van der Waals surface area contributed by atoms with Gasteiger partial charge in [-0.15, -0.1) is 11.6 Å². The molecule has 0 aliphatic carbocycles. The smallest absolute Gasteiger partial charge is 0.119 e. The standard InChI is InChI=1S/C10H13ClO.C4H9NO/c1-9-3-5-10(6-4-9)12-8-2-7-11;6-4-1-2-5-3-4/h3-6H,2,7-8H2,1H3;4-6H,1-3H2/t;4-/m.1/s1. The summed E-state index contributed by atoms with van der Waals surface area (Å²) in [6, 6.07) is 8.03. The van der Waals surface area contributed by atoms with Gasteiger partial charge in [0.1, 0.15) is 5.75 Å². The number of β-amino-alcohol motifs (C(OH)–C–C–N with tert-alkyl or cyclic N) is 1. The lowest BCUT2D eigenvalue weighted by atomic mass is 10.2. The van der Waals surface area contributed by atoms with E-state index in [1.807, 2.05) is 24.3 Å². The Morgan fingerprint density at radius 3 is 2.56 bits per heavy atom. The fraction of sp³-hybridized carbons (Fsp3) is 0.571. The number of aliphatic hydroxyl groups is 1. The summed E-state index contributed by atoms with van der Waals surface area (Å²) < 4.78 is 5.42. The predicted octanol–water partition coefficient (Wildman–Crippen LogP) is 2.34. The number of alkyl halides is 1. The lowest BCUT2D eigenvalue weighted by Crippen LogP contribution is -2.11. The lowest BCUT2D eigenvalue weighted by Gasteiger charge is -2.04. The van der Waals surface area contributed by atoms with E-state index in [9.17, 15) is 0 Å². The van der Waals surface area contributed by atoms with Gasteiger partial charge in [0.05, 0.1) is 12.7 Å². The highest BCUT2D eigenvalue weighted by Crippen LogP contribution is 2.11. The summed E-state index contributed by atoms with van der Waals surface area (Å²) in [5.74, 6) is 1.58. The van der Waals surface area contributed by atoms with Crippen molar-refractivity contribution in [1.29, 1.82) is 0 Å². The van der Waals surface area contributed by atoms with Crippen LogP contribution in [0.15, 0.2) is 24.3 Å². The average molecular weight is 272 g/mol. The van der Waals surface area contributed by atoms with E-state index in [1.54, 1.807) is 0 Å². The molecule has 1 heterocycles. The molecular formula is C14H22ClNO2. The van der Waals surface area contributed by atoms with Gasteiger partial charge in [0, 0.05) is 12.4 Å². The molecule has 2 rings (SSSR count). The second-order valence-electron chi connectivity index (χ2n) is 4.35. The normalized spacial score (nSPS) is 18.1. The van der Waals surface area contributed by atoms with Crippen molar-refractivity contribution in [2.24, 2.45) is 0 Å². The molecule has 1 aromatic rings. The van der Waals surface area contributed by atoms with Crippen LogP contribution in [-0.2, 0) is 0 Å². The van der Waals surface area contributed by atoms with Crippen molar-refractivity contribution < 1.29 is 9.84 Å². The quantitative estimate of drug-likeness (QED) is 0.652. The van der Waals surface area contributed by atoms with Crippen molar-refractivity contribution in [3.05, 3.63) is 29.8 Å². The molecule has 102 valence electrons. The summed E-state index contributed by atoms with van der Waals surface area (Å²) in [6.45, 7) is 4.54. The SMILES string of the molecule is Cc1ccc(OCCCCl)cc1.O[C@@H]1CCNC1. The molecular weight excluding hydrogens is 250 g/mol. The number of hydrogen-bond acceptors (Lipinski definition) is 3. The summed E-state index contributed by atoms with van der Waals surface area (Å²) in [7, 11) is 0. The molecule has 1 aliphatic heterocycles. The van der Waals surface area contributed by atoms with Gasteiger partial charge in [-0.3, -0.25) is 0 Å². The van der Waals surface area contributed by atoms with Gasteiger partial charge in [0.25, 0.3) is 0 Å². The minimum Gasteiger partial charge on any atom is -0.494 e. The Morgan fingerprint density at radius 2 is 2.11 bits per heavy atom. The molecule has 1 fully saturated rings. The summed E-state index contributed by atoms with van der Waals surface area (Å²) >= 11 is 5.51. The molecule has 0 unspecified atom stereocenters. The molecule has 0 amide bonds. The molecule has 18 heavy (non-hydrogen) atoms. The van der Waals surface area contributed by atoms with Crippen molar-refractivity contribution in [2.45, 2.75) is 25.9 Å². The first kappa shape index (κ1) is 15.3. The summed E-state index contributed by atoms with van der Waals surface area (Å²) in [5, 5.41) is 11.7. The van der Waals surface area contributed by atoms with Gasteiger partial charge in [0.2, 0.25) is 0 Å². The number of aliphatic hydroxyl groups excluding tert-OH is 1. The monoisotopic (exact) mass is 271 g/mol. The second kappa shape index (κ2) is 9.20. The number of nitrogens with one attached hydrogen (secondary N) is 1. The Kier molecular flexibility index (Phi) is 7.81. The van der Waals surface area contributed by atoms with Gasteiger partial charge in [-0.25, -0.2) is 0 Å². The maximum absolute atomic E-state index is 8.67. The van der Waals surface area contributed by atoms with Gasteiger partial charge >= 0.3 is 0 Å². The van der Waals surface area contributed by atoms with Crippen molar-refractivity contribution in [1.82, 2.24) is 5.32 Å². The molecule has 0 spiro atoms. The maximum Gasteiger partial charge on any atom is 0.119 e. The van der Waals surface area contributed by atoms with Crippen LogP contribution >= 0.6 is 11.6 Å². The molecule has 1 aromatic carbocycles. The zero-order valence-corrected chi connectivity index (χ0v) is 11.6. The molecule has 1 saturated heterocycles. The van der Waals surface area contributed by atoms with Crippen molar-refractivity contribution in [3.8, 4) is 5.75 Å².